The van der Waals surface area contributed by atoms with Gasteiger partial charge in [-0.25, -0.2) is 8.42 Å². The number of rotatable bonds is 15. The van der Waals surface area contributed by atoms with E-state index in [1.807, 2.05) is 19.2 Å². The predicted octanol–water partition coefficient (Wildman–Crippen LogP) is 6.16. The van der Waals surface area contributed by atoms with E-state index in [9.17, 15) is 8.42 Å². The van der Waals surface area contributed by atoms with Crippen LogP contribution in [0.3, 0.4) is 0 Å². The van der Waals surface area contributed by atoms with E-state index < -0.39 is 9.84 Å². The standard InChI is InChI=1S/C23H34BrNO3S.ClH/c1-25-14-6-2-4-8-16-29(26,27)17-9-5-3-7-15-28-23-13-11-20-18-22(24)12-10-21(20)19-23;/h10-13,18-19,25H,2-9,14-17H2,1H3;1H. The molecular formula is C23H35BrClNO3S. The Morgan fingerprint density at radius 1 is 0.833 bits per heavy atom. The summed E-state index contributed by atoms with van der Waals surface area (Å²) in [6.45, 7) is 1.68. The highest BCUT2D eigenvalue weighted by Crippen LogP contribution is 2.24. The third-order valence-electron chi connectivity index (χ3n) is 5.02. The summed E-state index contributed by atoms with van der Waals surface area (Å²) in [4.78, 5) is 0. The van der Waals surface area contributed by atoms with Gasteiger partial charge in [-0.3, -0.25) is 0 Å². The minimum Gasteiger partial charge on any atom is -0.494 e. The van der Waals surface area contributed by atoms with Crippen molar-refractivity contribution in [3.8, 4) is 5.75 Å². The number of nitrogens with one attached hydrogen (secondary N) is 1. The van der Waals surface area contributed by atoms with Gasteiger partial charge in [-0.15, -0.1) is 12.4 Å². The number of unbranched alkanes of at least 4 members (excludes halogenated alkanes) is 6. The van der Waals surface area contributed by atoms with Gasteiger partial charge in [0.1, 0.15) is 15.6 Å². The highest BCUT2D eigenvalue weighted by atomic mass is 79.9. The average Bonchev–Trinajstić information content (AvgIpc) is 2.70. The summed E-state index contributed by atoms with van der Waals surface area (Å²) in [5.74, 6) is 1.55. The minimum atomic E-state index is -2.88. The smallest absolute Gasteiger partial charge is 0.150 e. The molecule has 30 heavy (non-hydrogen) atoms. The number of sulfone groups is 1. The molecule has 0 spiro atoms. The quantitative estimate of drug-likeness (QED) is 0.286. The van der Waals surface area contributed by atoms with E-state index in [0.717, 1.165) is 73.5 Å². The van der Waals surface area contributed by atoms with E-state index in [4.69, 9.17) is 4.74 Å². The molecule has 2 aromatic carbocycles. The lowest BCUT2D eigenvalue weighted by Gasteiger charge is -2.08. The van der Waals surface area contributed by atoms with Crippen molar-refractivity contribution < 1.29 is 13.2 Å². The summed E-state index contributed by atoms with van der Waals surface area (Å²) >= 11 is 3.49. The monoisotopic (exact) mass is 519 g/mol. The number of ether oxygens (including phenoxy) is 1. The molecule has 2 aromatic rings. The largest absolute Gasteiger partial charge is 0.494 e. The topological polar surface area (TPSA) is 55.4 Å². The fraction of sp³-hybridized carbons (Fsp3) is 0.565. The molecule has 1 N–H and O–H groups in total. The molecule has 7 heteroatoms. The molecule has 0 fully saturated rings. The van der Waals surface area contributed by atoms with Crippen LogP contribution in [0.5, 0.6) is 5.75 Å². The van der Waals surface area contributed by atoms with Gasteiger partial charge in [0.15, 0.2) is 0 Å². The summed E-state index contributed by atoms with van der Waals surface area (Å²) in [5.41, 5.74) is 0. The van der Waals surface area contributed by atoms with E-state index in [0.29, 0.717) is 18.1 Å². The van der Waals surface area contributed by atoms with E-state index in [-0.39, 0.29) is 12.4 Å². The predicted molar refractivity (Wildman–Crippen MR) is 134 cm³/mol. The van der Waals surface area contributed by atoms with E-state index in [2.05, 4.69) is 45.5 Å². The van der Waals surface area contributed by atoms with Crippen LogP contribution < -0.4 is 10.1 Å². The Labute approximate surface area is 196 Å². The maximum Gasteiger partial charge on any atom is 0.150 e. The summed E-state index contributed by atoms with van der Waals surface area (Å²) in [6, 6.07) is 12.3. The Hall–Kier alpha value is -0.820. The molecule has 0 aliphatic heterocycles. The number of halogens is 2. The van der Waals surface area contributed by atoms with Crippen molar-refractivity contribution in [2.45, 2.75) is 51.4 Å². The molecule has 0 aromatic heterocycles. The van der Waals surface area contributed by atoms with Crippen LogP contribution in [0, 0.1) is 0 Å². The van der Waals surface area contributed by atoms with Crippen LogP contribution in [-0.4, -0.2) is 40.1 Å². The highest BCUT2D eigenvalue weighted by molar-refractivity contribution is 9.10. The number of benzene rings is 2. The molecule has 0 atom stereocenters. The first-order valence-corrected chi connectivity index (χ1v) is 13.3. The SMILES string of the molecule is CNCCCCCCS(=O)(=O)CCCCCCOc1ccc2cc(Br)ccc2c1.Cl. The van der Waals surface area contributed by atoms with Crippen LogP contribution >= 0.6 is 28.3 Å². The normalized spacial score (nSPS) is 11.4. The second-order valence-corrected chi connectivity index (χ2v) is 10.8. The molecule has 0 bridgehead atoms. The first-order chi connectivity index (χ1) is 14.0. The van der Waals surface area contributed by atoms with Gasteiger partial charge in [0.25, 0.3) is 0 Å². The lowest BCUT2D eigenvalue weighted by molar-refractivity contribution is 0.305. The Morgan fingerprint density at radius 3 is 2.13 bits per heavy atom. The zero-order valence-electron chi connectivity index (χ0n) is 17.9. The van der Waals surface area contributed by atoms with Crippen LogP contribution in [0.1, 0.15) is 51.4 Å². The molecule has 2 rings (SSSR count). The van der Waals surface area contributed by atoms with Crippen molar-refractivity contribution in [1.29, 1.82) is 0 Å². The third-order valence-corrected chi connectivity index (χ3v) is 7.34. The van der Waals surface area contributed by atoms with Gasteiger partial charge in [-0.05, 0) is 74.3 Å². The lowest BCUT2D eigenvalue weighted by atomic mass is 10.1. The fourth-order valence-electron chi connectivity index (χ4n) is 3.33. The van der Waals surface area contributed by atoms with Crippen molar-refractivity contribution in [1.82, 2.24) is 5.32 Å². The van der Waals surface area contributed by atoms with Crippen LogP contribution in [0.25, 0.3) is 10.8 Å². The van der Waals surface area contributed by atoms with E-state index in [1.165, 1.54) is 5.39 Å². The van der Waals surface area contributed by atoms with Crippen molar-refractivity contribution in [3.05, 3.63) is 40.9 Å². The molecule has 0 saturated heterocycles. The third kappa shape index (κ3) is 11.0. The lowest BCUT2D eigenvalue weighted by Crippen LogP contribution is -2.11. The fourth-order valence-corrected chi connectivity index (χ4v) is 5.20. The summed E-state index contributed by atoms with van der Waals surface area (Å²) in [6.07, 6.45) is 7.67. The van der Waals surface area contributed by atoms with Crippen LogP contribution in [0.15, 0.2) is 40.9 Å². The molecule has 4 nitrogen and oxygen atoms in total. The van der Waals surface area contributed by atoms with Crippen molar-refractivity contribution in [2.75, 3.05) is 31.7 Å². The summed E-state index contributed by atoms with van der Waals surface area (Å²) < 4.78 is 31.1. The second kappa shape index (κ2) is 15.1. The molecule has 0 unspecified atom stereocenters. The van der Waals surface area contributed by atoms with Crippen LogP contribution in [0.4, 0.5) is 0 Å². The van der Waals surface area contributed by atoms with Gasteiger partial charge in [0.2, 0.25) is 0 Å². The Bertz CT molecular complexity index is 845. The number of fused-ring (bicyclic) bond motifs is 1. The summed E-state index contributed by atoms with van der Waals surface area (Å²) in [7, 11) is -0.940. The number of hydrogen-bond acceptors (Lipinski definition) is 4. The zero-order valence-corrected chi connectivity index (χ0v) is 21.1. The van der Waals surface area contributed by atoms with Crippen molar-refractivity contribution in [2.24, 2.45) is 0 Å². The maximum atomic E-state index is 12.1. The molecule has 0 heterocycles. The number of hydrogen-bond donors (Lipinski definition) is 1. The van der Waals surface area contributed by atoms with Gasteiger partial charge in [-0.2, -0.15) is 0 Å². The first-order valence-electron chi connectivity index (χ1n) is 10.7. The molecule has 0 aliphatic rings. The molecule has 170 valence electrons. The van der Waals surface area contributed by atoms with Gasteiger partial charge in [-0.1, -0.05) is 53.7 Å². The molecule has 0 saturated carbocycles. The Kier molecular flexibility index (Phi) is 13.7. The maximum absolute atomic E-state index is 12.1. The van der Waals surface area contributed by atoms with Crippen LogP contribution in [-0.2, 0) is 9.84 Å². The molecule has 0 radical (unpaired) electrons. The Morgan fingerprint density at radius 2 is 1.43 bits per heavy atom. The molecule has 0 amide bonds. The minimum absolute atomic E-state index is 0. The van der Waals surface area contributed by atoms with E-state index in [1.54, 1.807) is 0 Å². The van der Waals surface area contributed by atoms with Gasteiger partial charge >= 0.3 is 0 Å². The zero-order chi connectivity index (χ0) is 21.0. The second-order valence-electron chi connectivity index (χ2n) is 7.59. The molecule has 0 aliphatic carbocycles. The Balaban J connectivity index is 0.00000450. The average molecular weight is 521 g/mol. The van der Waals surface area contributed by atoms with E-state index >= 15 is 0 Å². The molecular weight excluding hydrogens is 486 g/mol. The van der Waals surface area contributed by atoms with Gasteiger partial charge in [0, 0.05) is 4.47 Å². The van der Waals surface area contributed by atoms with Crippen molar-refractivity contribution in [3.63, 3.8) is 0 Å². The highest BCUT2D eigenvalue weighted by Gasteiger charge is 2.09. The van der Waals surface area contributed by atoms with Gasteiger partial charge in [0.05, 0.1) is 18.1 Å². The van der Waals surface area contributed by atoms with Crippen LogP contribution in [0.2, 0.25) is 0 Å². The van der Waals surface area contributed by atoms with Gasteiger partial charge < -0.3 is 10.1 Å². The first kappa shape index (κ1) is 27.2. The van der Waals surface area contributed by atoms with Crippen molar-refractivity contribution >= 4 is 48.9 Å². The summed E-state index contributed by atoms with van der Waals surface area (Å²) in [5, 5.41) is 5.46.